The molecule has 0 amide bonds. The van der Waals surface area contributed by atoms with Crippen LogP contribution in [0, 0.1) is 0 Å². The van der Waals surface area contributed by atoms with Gasteiger partial charge in [-0.25, -0.2) is 9.59 Å². The number of aliphatic carboxylic acids is 2. The minimum absolute atomic E-state index is 1.77. The Labute approximate surface area is 67.0 Å². The van der Waals surface area contributed by atoms with Crippen molar-refractivity contribution in [1.82, 2.24) is 0 Å². The zero-order valence-electron chi connectivity index (χ0n) is 5.91. The molecule has 0 bridgehead atoms. The van der Waals surface area contributed by atoms with Crippen molar-refractivity contribution in [2.45, 2.75) is 12.2 Å². The highest BCUT2D eigenvalue weighted by atomic mass is 16.4. The highest BCUT2D eigenvalue weighted by Gasteiger charge is 2.29. The molecule has 2 atom stereocenters. The molecule has 8 heteroatoms. The second-order valence-electron chi connectivity index (χ2n) is 1.57. The topological polar surface area (TPSA) is 167 Å². The number of aliphatic hydroxyl groups excluding tert-OH is 2. The Balaban J connectivity index is 0. The van der Waals surface area contributed by atoms with Crippen LogP contribution in [0.25, 0.3) is 0 Å². The number of aliphatic hydroxyl groups is 2. The first-order valence-electron chi connectivity index (χ1n) is 2.62. The normalized spacial score (nSPS) is 13.7. The first-order valence-corrected chi connectivity index (χ1v) is 2.62. The molecule has 0 radical (unpaired) electrons. The van der Waals surface area contributed by atoms with Crippen molar-refractivity contribution in [3.8, 4) is 0 Å². The molecule has 8 N–H and O–H groups in total. The second-order valence-corrected chi connectivity index (χ2v) is 1.57. The van der Waals surface area contributed by atoms with E-state index in [1.54, 1.807) is 0 Å². The maximum Gasteiger partial charge on any atom is 0.335 e. The predicted molar refractivity (Wildman–Crippen MR) is 35.7 cm³/mol. The van der Waals surface area contributed by atoms with E-state index in [9.17, 15) is 9.59 Å². The number of carbonyl (C=O) groups is 2. The average Bonchev–Trinajstić information content (AvgIpc) is 2.05. The maximum atomic E-state index is 9.77. The molecule has 0 aromatic carbocycles. The quantitative estimate of drug-likeness (QED) is 0.195. The van der Waals surface area contributed by atoms with Gasteiger partial charge in [0.1, 0.15) is 0 Å². The summed E-state index contributed by atoms with van der Waals surface area (Å²) < 4.78 is 0. The molecule has 0 saturated heterocycles. The SMILES string of the molecule is NN.O=C(O)C(O)C(O)C(=O)O. The molecular formula is C4H10N2O6. The Morgan fingerprint density at radius 2 is 1.08 bits per heavy atom. The first kappa shape index (κ1) is 13.4. The van der Waals surface area contributed by atoms with Crippen molar-refractivity contribution in [1.29, 1.82) is 0 Å². The molecule has 0 aromatic rings. The summed E-state index contributed by atoms with van der Waals surface area (Å²) in [4.78, 5) is 19.5. The van der Waals surface area contributed by atoms with E-state index in [-0.39, 0.29) is 0 Å². The van der Waals surface area contributed by atoms with Gasteiger partial charge in [-0.2, -0.15) is 0 Å². The minimum atomic E-state index is -2.27. The van der Waals surface area contributed by atoms with Crippen LogP contribution in [-0.4, -0.2) is 44.6 Å². The lowest BCUT2D eigenvalue weighted by molar-refractivity contribution is -0.165. The highest BCUT2D eigenvalue weighted by molar-refractivity contribution is 5.82. The first-order chi connectivity index (χ1) is 5.46. The molecule has 72 valence electrons. The lowest BCUT2D eigenvalue weighted by atomic mass is 10.2. The van der Waals surface area contributed by atoms with Crippen LogP contribution in [0.3, 0.4) is 0 Å². The number of carboxylic acid groups (broad SMARTS) is 2. The Morgan fingerprint density at radius 3 is 1.17 bits per heavy atom. The maximum absolute atomic E-state index is 9.77. The fourth-order valence-corrected chi connectivity index (χ4v) is 0.270. The summed E-state index contributed by atoms with van der Waals surface area (Å²) in [5, 5.41) is 32.5. The van der Waals surface area contributed by atoms with Gasteiger partial charge >= 0.3 is 11.9 Å². The van der Waals surface area contributed by atoms with Crippen molar-refractivity contribution in [3.63, 3.8) is 0 Å². The summed E-state index contributed by atoms with van der Waals surface area (Å²) >= 11 is 0. The molecule has 0 aliphatic carbocycles. The van der Waals surface area contributed by atoms with Crippen molar-refractivity contribution < 1.29 is 30.0 Å². The average molecular weight is 182 g/mol. The molecule has 0 aliphatic heterocycles. The Kier molecular flexibility index (Phi) is 7.23. The van der Waals surface area contributed by atoms with E-state index in [0.717, 1.165) is 0 Å². The van der Waals surface area contributed by atoms with E-state index < -0.39 is 24.1 Å². The molecule has 8 nitrogen and oxygen atoms in total. The molecule has 0 aliphatic rings. The van der Waals surface area contributed by atoms with E-state index in [2.05, 4.69) is 11.7 Å². The molecule has 0 saturated carbocycles. The third-order valence-corrected chi connectivity index (χ3v) is 0.805. The van der Waals surface area contributed by atoms with Crippen molar-refractivity contribution in [2.75, 3.05) is 0 Å². The van der Waals surface area contributed by atoms with Crippen LogP contribution >= 0.6 is 0 Å². The molecule has 2 unspecified atom stereocenters. The Bertz CT molecular complexity index is 142. The van der Waals surface area contributed by atoms with Crippen LogP contribution in [0.5, 0.6) is 0 Å². The van der Waals surface area contributed by atoms with E-state index in [0.29, 0.717) is 0 Å². The number of hydrogen-bond donors (Lipinski definition) is 6. The number of hydrogen-bond acceptors (Lipinski definition) is 6. The van der Waals surface area contributed by atoms with Crippen molar-refractivity contribution in [2.24, 2.45) is 11.7 Å². The number of hydrazine groups is 1. The van der Waals surface area contributed by atoms with Gasteiger partial charge in [-0.15, -0.1) is 0 Å². The standard InChI is InChI=1S/C4H6O6.H4N2/c5-1(3(7)8)2(6)4(9)10;1-2/h1-2,5-6H,(H,7,8)(H,9,10);1-2H2. The fraction of sp³-hybridized carbons (Fsp3) is 0.500. The van der Waals surface area contributed by atoms with Gasteiger partial charge in [0.25, 0.3) is 0 Å². The number of nitrogens with two attached hydrogens (primary N) is 2. The molecule has 0 fully saturated rings. The van der Waals surface area contributed by atoms with E-state index in [4.69, 9.17) is 20.4 Å². The third kappa shape index (κ3) is 4.57. The minimum Gasteiger partial charge on any atom is -0.479 e. The van der Waals surface area contributed by atoms with Gasteiger partial charge < -0.3 is 20.4 Å². The smallest absolute Gasteiger partial charge is 0.335 e. The zero-order chi connectivity index (χ0) is 10.3. The Hall–Kier alpha value is -1.22. The lowest BCUT2D eigenvalue weighted by Crippen LogP contribution is -2.39. The van der Waals surface area contributed by atoms with Crippen LogP contribution in [-0.2, 0) is 9.59 Å². The summed E-state index contributed by atoms with van der Waals surface area (Å²) in [6.45, 7) is 0. The Morgan fingerprint density at radius 1 is 0.917 bits per heavy atom. The van der Waals surface area contributed by atoms with Gasteiger partial charge in [-0.1, -0.05) is 0 Å². The highest BCUT2D eigenvalue weighted by Crippen LogP contribution is 1.92. The van der Waals surface area contributed by atoms with Crippen LogP contribution in [0.1, 0.15) is 0 Å². The van der Waals surface area contributed by atoms with E-state index in [1.807, 2.05) is 0 Å². The molecule has 0 heterocycles. The van der Waals surface area contributed by atoms with Crippen LogP contribution in [0.2, 0.25) is 0 Å². The summed E-state index contributed by atoms with van der Waals surface area (Å²) in [5.41, 5.74) is 0. The lowest BCUT2D eigenvalue weighted by Gasteiger charge is -2.07. The van der Waals surface area contributed by atoms with Gasteiger partial charge in [0, 0.05) is 0 Å². The summed E-state index contributed by atoms with van der Waals surface area (Å²) in [5.74, 6) is 4.46. The second kappa shape index (κ2) is 6.49. The molecular weight excluding hydrogens is 172 g/mol. The monoisotopic (exact) mass is 182 g/mol. The summed E-state index contributed by atoms with van der Waals surface area (Å²) in [7, 11) is 0. The third-order valence-electron chi connectivity index (χ3n) is 0.805. The summed E-state index contributed by atoms with van der Waals surface area (Å²) in [6, 6.07) is 0. The van der Waals surface area contributed by atoms with Gasteiger partial charge in [0.15, 0.2) is 12.2 Å². The van der Waals surface area contributed by atoms with Crippen molar-refractivity contribution >= 4 is 11.9 Å². The van der Waals surface area contributed by atoms with E-state index >= 15 is 0 Å². The van der Waals surface area contributed by atoms with Gasteiger partial charge in [0.05, 0.1) is 0 Å². The van der Waals surface area contributed by atoms with Gasteiger partial charge in [-0.05, 0) is 0 Å². The summed E-state index contributed by atoms with van der Waals surface area (Å²) in [6.07, 6.45) is -4.53. The number of rotatable bonds is 3. The van der Waals surface area contributed by atoms with Gasteiger partial charge in [0.2, 0.25) is 0 Å². The molecule has 0 aromatic heterocycles. The van der Waals surface area contributed by atoms with Crippen LogP contribution in [0.15, 0.2) is 0 Å². The zero-order valence-corrected chi connectivity index (χ0v) is 5.91. The number of carboxylic acids is 2. The van der Waals surface area contributed by atoms with Crippen molar-refractivity contribution in [3.05, 3.63) is 0 Å². The van der Waals surface area contributed by atoms with Crippen LogP contribution < -0.4 is 11.7 Å². The fourth-order valence-electron chi connectivity index (χ4n) is 0.270. The molecule has 12 heavy (non-hydrogen) atoms. The van der Waals surface area contributed by atoms with Gasteiger partial charge in [-0.3, -0.25) is 11.7 Å². The molecule has 0 spiro atoms. The van der Waals surface area contributed by atoms with Crippen LogP contribution in [0.4, 0.5) is 0 Å². The van der Waals surface area contributed by atoms with E-state index in [1.165, 1.54) is 0 Å². The molecule has 0 rings (SSSR count). The largest absolute Gasteiger partial charge is 0.479 e. The predicted octanol–water partition coefficient (Wildman–Crippen LogP) is -3.30.